The molecule has 29 heavy (non-hydrogen) atoms. The summed E-state index contributed by atoms with van der Waals surface area (Å²) < 4.78 is 0. The lowest BCUT2D eigenvalue weighted by molar-refractivity contribution is -0.121. The minimum Gasteiger partial charge on any atom is -0.351 e. The summed E-state index contributed by atoms with van der Waals surface area (Å²) >= 11 is 1.69. The van der Waals surface area contributed by atoms with Crippen LogP contribution in [-0.4, -0.2) is 41.5 Å². The van der Waals surface area contributed by atoms with Crippen LogP contribution in [0.3, 0.4) is 0 Å². The third kappa shape index (κ3) is 6.51. The number of piperidine rings is 2. The van der Waals surface area contributed by atoms with Gasteiger partial charge in [-0.2, -0.15) is 0 Å². The first-order valence-electron chi connectivity index (χ1n) is 10.4. The van der Waals surface area contributed by atoms with Crippen molar-refractivity contribution in [2.45, 2.75) is 44.8 Å². The highest BCUT2D eigenvalue weighted by Crippen LogP contribution is 2.31. The molecule has 0 saturated carbocycles. The van der Waals surface area contributed by atoms with E-state index < -0.39 is 0 Å². The van der Waals surface area contributed by atoms with Gasteiger partial charge in [0, 0.05) is 49.4 Å². The number of pyridine rings is 1. The summed E-state index contributed by atoms with van der Waals surface area (Å²) in [6, 6.07) is 8.82. The van der Waals surface area contributed by atoms with E-state index in [1.54, 1.807) is 11.3 Å². The summed E-state index contributed by atoms with van der Waals surface area (Å²) in [5, 5.41) is 8.85. The zero-order valence-corrected chi connectivity index (χ0v) is 18.4. The number of nitrogens with zero attached hydrogens (tertiary/aromatic N) is 2. The fraction of sp³-hybridized carbons (Fsp3) is 0.545. The summed E-state index contributed by atoms with van der Waals surface area (Å²) in [4.78, 5) is 20.2. The Morgan fingerprint density at radius 2 is 2.24 bits per heavy atom. The second-order valence-corrected chi connectivity index (χ2v) is 9.21. The van der Waals surface area contributed by atoms with Crippen LogP contribution in [0, 0.1) is 11.8 Å². The Balaban J connectivity index is 0.00000240. The molecule has 0 aromatic carbocycles. The lowest BCUT2D eigenvalue weighted by Crippen LogP contribution is -2.55. The number of fused-ring (bicyclic) bond motifs is 2. The van der Waals surface area contributed by atoms with Gasteiger partial charge in [-0.25, -0.2) is 0 Å². The molecular weight excluding hydrogens is 404 g/mol. The lowest BCUT2D eigenvalue weighted by atomic mass is 9.79. The molecular formula is C22H31ClN4OS. The first-order valence-corrected chi connectivity index (χ1v) is 11.3. The van der Waals surface area contributed by atoms with E-state index in [-0.39, 0.29) is 18.3 Å². The van der Waals surface area contributed by atoms with Gasteiger partial charge in [0.05, 0.1) is 6.54 Å². The molecule has 3 atom stereocenters. The third-order valence-corrected chi connectivity index (χ3v) is 6.85. The maximum absolute atomic E-state index is 12.1. The summed E-state index contributed by atoms with van der Waals surface area (Å²) in [6.45, 7) is 5.09. The monoisotopic (exact) mass is 434 g/mol. The molecule has 0 radical (unpaired) electrons. The molecule has 5 nitrogen and oxygen atoms in total. The van der Waals surface area contributed by atoms with Crippen LogP contribution in [0.5, 0.6) is 0 Å². The van der Waals surface area contributed by atoms with Crippen molar-refractivity contribution in [3.05, 3.63) is 52.5 Å². The molecule has 158 valence electrons. The molecule has 2 N–H and O–H groups in total. The van der Waals surface area contributed by atoms with Crippen LogP contribution in [0.15, 0.2) is 42.0 Å². The number of rotatable bonds is 8. The maximum Gasteiger partial charge on any atom is 0.220 e. The smallest absolute Gasteiger partial charge is 0.220 e. The molecule has 2 aliphatic rings. The van der Waals surface area contributed by atoms with E-state index in [0.717, 1.165) is 38.4 Å². The molecule has 4 heterocycles. The Hall–Kier alpha value is -1.47. The van der Waals surface area contributed by atoms with Crippen LogP contribution in [0.4, 0.5) is 0 Å². The van der Waals surface area contributed by atoms with Crippen molar-refractivity contribution in [1.82, 2.24) is 20.5 Å². The molecule has 4 rings (SSSR count). The Kier molecular flexibility index (Phi) is 8.48. The number of carbonyl (C=O) groups excluding carboxylic acids is 1. The zero-order valence-electron chi connectivity index (χ0n) is 16.8. The fourth-order valence-corrected chi connectivity index (χ4v) is 5.30. The van der Waals surface area contributed by atoms with Crippen LogP contribution < -0.4 is 10.6 Å². The maximum atomic E-state index is 12.1. The summed E-state index contributed by atoms with van der Waals surface area (Å²) in [6.07, 6.45) is 7.81. The molecule has 2 aliphatic heterocycles. The van der Waals surface area contributed by atoms with Crippen LogP contribution in [0.25, 0.3) is 0 Å². The van der Waals surface area contributed by atoms with Gasteiger partial charge in [-0.1, -0.05) is 12.1 Å². The van der Waals surface area contributed by atoms with Crippen molar-refractivity contribution < 1.29 is 4.79 Å². The van der Waals surface area contributed by atoms with Gasteiger partial charge in [-0.3, -0.25) is 14.7 Å². The Morgan fingerprint density at radius 3 is 3.03 bits per heavy atom. The van der Waals surface area contributed by atoms with Gasteiger partial charge in [0.2, 0.25) is 5.91 Å². The van der Waals surface area contributed by atoms with E-state index in [9.17, 15) is 4.79 Å². The molecule has 2 bridgehead atoms. The first-order chi connectivity index (χ1) is 13.8. The van der Waals surface area contributed by atoms with E-state index >= 15 is 0 Å². The zero-order chi connectivity index (χ0) is 19.2. The van der Waals surface area contributed by atoms with E-state index in [1.807, 2.05) is 29.9 Å². The minimum atomic E-state index is 0. The van der Waals surface area contributed by atoms with Gasteiger partial charge in [-0.15, -0.1) is 23.7 Å². The second kappa shape index (κ2) is 11.1. The topological polar surface area (TPSA) is 57.3 Å². The van der Waals surface area contributed by atoms with Gasteiger partial charge >= 0.3 is 0 Å². The Labute approximate surface area is 183 Å². The largest absolute Gasteiger partial charge is 0.351 e. The molecule has 7 heteroatoms. The predicted molar refractivity (Wildman–Crippen MR) is 120 cm³/mol. The fourth-order valence-electron chi connectivity index (χ4n) is 4.66. The molecule has 0 unspecified atom stereocenters. The second-order valence-electron chi connectivity index (χ2n) is 8.18. The average Bonchev–Trinajstić information content (AvgIpc) is 3.23. The van der Waals surface area contributed by atoms with E-state index in [4.69, 9.17) is 0 Å². The highest BCUT2D eigenvalue weighted by molar-refractivity contribution is 7.09. The summed E-state index contributed by atoms with van der Waals surface area (Å²) in [5.74, 6) is 1.61. The number of likely N-dealkylation sites (tertiary alicyclic amines) is 1. The quantitative estimate of drug-likeness (QED) is 0.668. The van der Waals surface area contributed by atoms with Crippen LogP contribution in [0.2, 0.25) is 0 Å². The molecule has 2 aromatic heterocycles. The number of amides is 1. The summed E-state index contributed by atoms with van der Waals surface area (Å²) in [5.41, 5.74) is 1.30. The van der Waals surface area contributed by atoms with Gasteiger partial charge in [0.1, 0.15) is 0 Å². The number of halogens is 1. The normalized spacial score (nSPS) is 23.9. The van der Waals surface area contributed by atoms with Crippen LogP contribution >= 0.6 is 23.7 Å². The highest BCUT2D eigenvalue weighted by Gasteiger charge is 2.36. The average molecular weight is 435 g/mol. The Bertz CT molecular complexity index is 743. The minimum absolute atomic E-state index is 0. The first kappa shape index (κ1) is 22.2. The van der Waals surface area contributed by atoms with Gasteiger partial charge < -0.3 is 10.6 Å². The van der Waals surface area contributed by atoms with E-state index in [1.165, 1.54) is 23.4 Å². The van der Waals surface area contributed by atoms with Crippen LogP contribution in [0.1, 0.15) is 36.1 Å². The SMILES string of the molecule is Cl.O=C(CCC[C@H]1NC[C@@H]2C[C@@H]1CN(Cc1cccnc1)C2)NCc1cccs1. The molecule has 2 aromatic rings. The van der Waals surface area contributed by atoms with Crippen molar-refractivity contribution in [2.75, 3.05) is 19.6 Å². The van der Waals surface area contributed by atoms with E-state index in [2.05, 4.69) is 32.7 Å². The Morgan fingerprint density at radius 1 is 1.31 bits per heavy atom. The van der Waals surface area contributed by atoms with E-state index in [0.29, 0.717) is 24.9 Å². The van der Waals surface area contributed by atoms with Crippen LogP contribution in [-0.2, 0) is 17.9 Å². The van der Waals surface area contributed by atoms with Gasteiger partial charge in [-0.05, 0) is 60.7 Å². The van der Waals surface area contributed by atoms with Crippen molar-refractivity contribution in [1.29, 1.82) is 0 Å². The molecule has 2 fully saturated rings. The number of aromatic nitrogens is 1. The van der Waals surface area contributed by atoms with Crippen molar-refractivity contribution >= 4 is 29.7 Å². The predicted octanol–water partition coefficient (Wildman–Crippen LogP) is 3.46. The third-order valence-electron chi connectivity index (χ3n) is 5.97. The van der Waals surface area contributed by atoms with Gasteiger partial charge in [0.15, 0.2) is 0 Å². The number of hydrogen-bond donors (Lipinski definition) is 2. The standard InChI is InChI=1S/C22H30N4OS.ClH/c27-22(25-13-20-5-3-9-28-20)7-1-6-21-19-10-18(12-24-21)15-26(16-19)14-17-4-2-8-23-11-17;/h2-5,8-9,11,18-19,21,24H,1,6-7,10,12-16H2,(H,25,27);1H/t18-,19+,21+;/m0./s1. The molecule has 2 saturated heterocycles. The molecule has 1 amide bonds. The number of thiophene rings is 1. The number of hydrogen-bond acceptors (Lipinski definition) is 5. The highest BCUT2D eigenvalue weighted by atomic mass is 35.5. The summed E-state index contributed by atoms with van der Waals surface area (Å²) in [7, 11) is 0. The number of nitrogens with one attached hydrogen (secondary N) is 2. The van der Waals surface area contributed by atoms with Crippen molar-refractivity contribution in [3.63, 3.8) is 0 Å². The van der Waals surface area contributed by atoms with Crippen molar-refractivity contribution in [2.24, 2.45) is 11.8 Å². The van der Waals surface area contributed by atoms with Crippen molar-refractivity contribution in [3.8, 4) is 0 Å². The molecule has 0 aliphatic carbocycles. The lowest BCUT2D eigenvalue weighted by Gasteiger charge is -2.46. The van der Waals surface area contributed by atoms with Gasteiger partial charge in [0.25, 0.3) is 0 Å². The molecule has 0 spiro atoms. The number of carbonyl (C=O) groups is 1.